The lowest BCUT2D eigenvalue weighted by Crippen LogP contribution is -2.24. The molecule has 0 heterocycles. The molecule has 4 rings (SSSR count). The molecule has 0 fully saturated rings. The molecule has 0 radical (unpaired) electrons. The normalized spacial score (nSPS) is 13.4. The lowest BCUT2D eigenvalue weighted by molar-refractivity contribution is 0.174. The van der Waals surface area contributed by atoms with Gasteiger partial charge in [-0.2, -0.15) is 0 Å². The van der Waals surface area contributed by atoms with Crippen LogP contribution in [0.5, 0.6) is 23.0 Å². The molecule has 4 unspecified atom stereocenters. The summed E-state index contributed by atoms with van der Waals surface area (Å²) in [5, 5.41) is 35.2. The van der Waals surface area contributed by atoms with Crippen LogP contribution in [0.4, 0.5) is 0 Å². The second kappa shape index (κ2) is 32.8. The Bertz CT molecular complexity index is 1890. The van der Waals surface area contributed by atoms with Crippen molar-refractivity contribution in [1.82, 2.24) is 0 Å². The molecule has 4 atom stereocenters. The number of hydrogen-bond acceptors (Lipinski definition) is 8. The van der Waals surface area contributed by atoms with Crippen LogP contribution in [-0.4, -0.2) is 73.3 Å². The zero-order valence-corrected chi connectivity index (χ0v) is 46.9. The highest BCUT2D eigenvalue weighted by Crippen LogP contribution is 2.38. The molecule has 0 aliphatic carbocycles. The van der Waals surface area contributed by atoms with Gasteiger partial charge in [0.15, 0.2) is 0 Å². The van der Waals surface area contributed by atoms with Crippen LogP contribution in [-0.2, 0) is 10.8 Å². The van der Waals surface area contributed by atoms with Crippen molar-refractivity contribution in [3.8, 4) is 23.0 Å². The molecule has 4 aromatic rings. The van der Waals surface area contributed by atoms with Gasteiger partial charge in [0.25, 0.3) is 0 Å². The fraction of sp³-hybridized carbons (Fsp3) is 0.613. The first-order chi connectivity index (χ1) is 32.8. The molecule has 8 nitrogen and oxygen atoms in total. The summed E-state index contributed by atoms with van der Waals surface area (Å²) in [6, 6.07) is 33.2. The molecule has 4 aromatic carbocycles. The lowest BCUT2D eigenvalue weighted by atomic mass is 9.72. The van der Waals surface area contributed by atoms with E-state index < -0.39 is 0 Å². The van der Waals surface area contributed by atoms with Gasteiger partial charge in [0.2, 0.25) is 0 Å². The topological polar surface area (TPSA) is 118 Å². The molecule has 8 heteroatoms. The van der Waals surface area contributed by atoms with Crippen molar-refractivity contribution in [3.05, 3.63) is 119 Å². The van der Waals surface area contributed by atoms with E-state index in [2.05, 4.69) is 145 Å². The van der Waals surface area contributed by atoms with Gasteiger partial charge in [0.05, 0.1) is 26.4 Å². The maximum Gasteiger partial charge on any atom is 0.119 e. The molecular formula is C62H100O8. The Balaban J connectivity index is 0.000000470. The van der Waals surface area contributed by atoms with Crippen LogP contribution in [0.1, 0.15) is 183 Å². The maximum absolute atomic E-state index is 8.99. The minimum absolute atomic E-state index is 0.162. The fourth-order valence-electron chi connectivity index (χ4n) is 8.21. The first-order valence-corrected chi connectivity index (χ1v) is 26.2. The Labute approximate surface area is 427 Å². The summed E-state index contributed by atoms with van der Waals surface area (Å²) in [6.45, 7) is 38.6. The first-order valence-electron chi connectivity index (χ1n) is 26.2. The first kappa shape index (κ1) is 63.9. The molecule has 0 aliphatic heterocycles. The summed E-state index contributed by atoms with van der Waals surface area (Å²) in [7, 11) is 0. The van der Waals surface area contributed by atoms with Crippen LogP contribution in [0.25, 0.3) is 0 Å². The van der Waals surface area contributed by atoms with Crippen molar-refractivity contribution >= 4 is 0 Å². The van der Waals surface area contributed by atoms with Crippen molar-refractivity contribution in [1.29, 1.82) is 0 Å². The van der Waals surface area contributed by atoms with Crippen LogP contribution in [0.2, 0.25) is 0 Å². The standard InChI is InChI=1S/C18H30O2.C17H28O2.C14H22O2.C13H20O2/c1-14(11-19)12-20-16-9-7-15(8-10-16)18(5,6)13-17(2,3)4;1-16(2,3)13-17(4,5)14-7-9-15(10-8-14)19-12-6-11-18;1-4-12(3)13-5-7-14(8-6-13)16-10-11(2)9-15;1-3-11(2)12-5-7-13(8-6-12)15-10-4-9-14/h7-10,14,19H,11-13H2,1-6H3;7-10,18H,6,11-13H2,1-5H3;5-8,11-12,15H,4,9-10H2,1-3H3;5-8,11,14H,3-4,9-10H2,1-2H3. The number of ether oxygens (including phenoxy) is 4. The smallest absolute Gasteiger partial charge is 0.119 e. The number of rotatable bonds is 24. The van der Waals surface area contributed by atoms with Crippen molar-refractivity contribution in [2.75, 3.05) is 52.9 Å². The molecule has 0 aromatic heterocycles. The SMILES string of the molecule is CC(C)(C)CC(C)(C)c1ccc(OCCCO)cc1.CC(CO)COc1ccc(C(C)(C)CC(C)(C)C)cc1.CCC(C)c1ccc(OCC(C)CO)cc1.CCC(C)c1ccc(OCCCO)cc1. The Hall–Kier alpha value is -4.08. The van der Waals surface area contributed by atoms with Gasteiger partial charge in [-0.25, -0.2) is 0 Å². The van der Waals surface area contributed by atoms with Gasteiger partial charge in [0.1, 0.15) is 23.0 Å². The molecule has 0 aliphatic rings. The van der Waals surface area contributed by atoms with E-state index in [9.17, 15) is 0 Å². The van der Waals surface area contributed by atoms with E-state index >= 15 is 0 Å². The monoisotopic (exact) mass is 973 g/mol. The fourth-order valence-corrected chi connectivity index (χ4v) is 8.21. The average molecular weight is 973 g/mol. The maximum atomic E-state index is 8.99. The highest BCUT2D eigenvalue weighted by atomic mass is 16.5. The second-order valence-corrected chi connectivity index (χ2v) is 23.1. The molecule has 4 N–H and O–H groups in total. The second-order valence-electron chi connectivity index (χ2n) is 23.1. The third-order valence-corrected chi connectivity index (χ3v) is 12.2. The van der Waals surface area contributed by atoms with Crippen molar-refractivity contribution in [2.45, 2.75) is 172 Å². The summed E-state index contributed by atoms with van der Waals surface area (Å²) in [5.41, 5.74) is 6.36. The highest BCUT2D eigenvalue weighted by Gasteiger charge is 2.28. The largest absolute Gasteiger partial charge is 0.494 e. The molecule has 0 spiro atoms. The minimum Gasteiger partial charge on any atom is -0.494 e. The Morgan fingerprint density at radius 1 is 0.400 bits per heavy atom. The Kier molecular flexibility index (Phi) is 30.0. The van der Waals surface area contributed by atoms with E-state index in [1.165, 1.54) is 22.3 Å². The quantitative estimate of drug-likeness (QED) is 0.0513. The minimum atomic E-state index is 0.162. The molecule has 0 amide bonds. The van der Waals surface area contributed by atoms with Crippen LogP contribution < -0.4 is 18.9 Å². The third kappa shape index (κ3) is 27.5. The van der Waals surface area contributed by atoms with Crippen LogP contribution in [0.3, 0.4) is 0 Å². The summed E-state index contributed by atoms with van der Waals surface area (Å²) in [5.74, 6) is 5.09. The van der Waals surface area contributed by atoms with Crippen molar-refractivity contribution in [3.63, 3.8) is 0 Å². The Morgan fingerprint density at radius 3 is 0.914 bits per heavy atom. The summed E-state index contributed by atoms with van der Waals surface area (Å²) in [4.78, 5) is 0. The predicted octanol–water partition coefficient (Wildman–Crippen LogP) is 14.7. The van der Waals surface area contributed by atoms with Gasteiger partial charge in [-0.1, -0.05) is 159 Å². The van der Waals surface area contributed by atoms with E-state index in [4.69, 9.17) is 39.4 Å². The average Bonchev–Trinajstić information content (AvgIpc) is 3.32. The number of aliphatic hydroxyl groups excluding tert-OH is 4. The highest BCUT2D eigenvalue weighted by molar-refractivity contribution is 5.33. The molecule has 396 valence electrons. The van der Waals surface area contributed by atoms with E-state index in [0.29, 0.717) is 61.9 Å². The zero-order chi connectivity index (χ0) is 53.0. The van der Waals surface area contributed by atoms with Gasteiger partial charge in [-0.15, -0.1) is 0 Å². The van der Waals surface area contributed by atoms with Crippen LogP contribution >= 0.6 is 0 Å². The summed E-state index contributed by atoms with van der Waals surface area (Å²) < 4.78 is 22.2. The number of aliphatic hydroxyl groups is 4. The number of hydrogen-bond donors (Lipinski definition) is 4. The van der Waals surface area contributed by atoms with E-state index in [-0.39, 0.29) is 49.1 Å². The van der Waals surface area contributed by atoms with Crippen LogP contribution in [0.15, 0.2) is 97.1 Å². The van der Waals surface area contributed by atoms with Gasteiger partial charge in [0, 0.05) is 51.1 Å². The van der Waals surface area contributed by atoms with Crippen LogP contribution in [0, 0.1) is 22.7 Å². The van der Waals surface area contributed by atoms with Crippen molar-refractivity contribution < 1.29 is 39.4 Å². The number of benzene rings is 4. The van der Waals surface area contributed by atoms with Gasteiger partial charge in [-0.05, 0) is 130 Å². The molecule has 0 saturated carbocycles. The van der Waals surface area contributed by atoms with E-state index in [1.54, 1.807) is 0 Å². The molecule has 0 bridgehead atoms. The summed E-state index contributed by atoms with van der Waals surface area (Å²) >= 11 is 0. The van der Waals surface area contributed by atoms with E-state index in [0.717, 1.165) is 48.7 Å². The molecule has 0 saturated heterocycles. The van der Waals surface area contributed by atoms with Gasteiger partial charge in [-0.3, -0.25) is 0 Å². The molecule has 70 heavy (non-hydrogen) atoms. The van der Waals surface area contributed by atoms with Gasteiger partial charge < -0.3 is 39.4 Å². The molecular weight excluding hydrogens is 873 g/mol. The van der Waals surface area contributed by atoms with E-state index in [1.807, 2.05) is 62.4 Å². The third-order valence-electron chi connectivity index (χ3n) is 12.2. The van der Waals surface area contributed by atoms with Gasteiger partial charge >= 0.3 is 0 Å². The predicted molar refractivity (Wildman–Crippen MR) is 295 cm³/mol. The lowest BCUT2D eigenvalue weighted by Gasteiger charge is -2.33. The Morgan fingerprint density at radius 2 is 0.671 bits per heavy atom. The zero-order valence-electron chi connectivity index (χ0n) is 46.9. The van der Waals surface area contributed by atoms with Crippen molar-refractivity contribution in [2.24, 2.45) is 22.7 Å². The summed E-state index contributed by atoms with van der Waals surface area (Å²) in [6.07, 6.45) is 5.96.